The van der Waals surface area contributed by atoms with Gasteiger partial charge in [0.15, 0.2) is 0 Å². The van der Waals surface area contributed by atoms with Crippen LogP contribution in [0, 0.1) is 12.8 Å². The lowest BCUT2D eigenvalue weighted by atomic mass is 9.95. The van der Waals surface area contributed by atoms with Crippen LogP contribution in [0.3, 0.4) is 0 Å². The molecule has 2 aromatic rings. The first kappa shape index (κ1) is 18.0. The van der Waals surface area contributed by atoms with Crippen LogP contribution in [0.1, 0.15) is 30.0 Å². The molecule has 2 aliphatic heterocycles. The van der Waals surface area contributed by atoms with Gasteiger partial charge >= 0.3 is 0 Å². The lowest BCUT2D eigenvalue weighted by Crippen LogP contribution is -2.52. The second-order valence-corrected chi connectivity index (χ2v) is 7.72. The maximum Gasteiger partial charge on any atom is 0.227 e. The van der Waals surface area contributed by atoms with Crippen molar-refractivity contribution in [2.45, 2.75) is 25.8 Å². The minimum absolute atomic E-state index is 0.0505. The van der Waals surface area contributed by atoms with E-state index in [1.807, 2.05) is 42.1 Å². The van der Waals surface area contributed by atoms with Crippen LogP contribution >= 0.6 is 0 Å². The molecule has 0 spiro atoms. The predicted molar refractivity (Wildman–Crippen MR) is 104 cm³/mol. The molecule has 2 saturated heterocycles. The number of nitrogens with one attached hydrogen (secondary N) is 1. The molecule has 144 valence electrons. The zero-order chi connectivity index (χ0) is 18.8. The van der Waals surface area contributed by atoms with Crippen LogP contribution in [0.2, 0.25) is 0 Å². The van der Waals surface area contributed by atoms with E-state index in [0.29, 0.717) is 6.54 Å². The maximum atomic E-state index is 13.2. The van der Waals surface area contributed by atoms with Gasteiger partial charge in [0, 0.05) is 57.7 Å². The summed E-state index contributed by atoms with van der Waals surface area (Å²) in [5, 5.41) is 7.77. The molecule has 0 saturated carbocycles. The lowest BCUT2D eigenvalue weighted by Gasteiger charge is -2.39. The Labute approximate surface area is 160 Å². The van der Waals surface area contributed by atoms with E-state index in [9.17, 15) is 4.79 Å². The van der Waals surface area contributed by atoms with Crippen molar-refractivity contribution in [1.82, 2.24) is 25.0 Å². The first-order chi connectivity index (χ1) is 13.1. The van der Waals surface area contributed by atoms with E-state index >= 15 is 0 Å². The zero-order valence-electron chi connectivity index (χ0n) is 16.1. The third-order valence-electron chi connectivity index (χ3n) is 5.60. The van der Waals surface area contributed by atoms with Gasteiger partial charge in [-0.2, -0.15) is 5.10 Å². The number of aryl methyl sites for hydroxylation is 2. The largest absolute Gasteiger partial charge is 0.356 e. The molecule has 2 aliphatic rings. The highest BCUT2D eigenvalue weighted by Gasteiger charge is 2.32. The van der Waals surface area contributed by atoms with Gasteiger partial charge in [-0.1, -0.05) is 6.07 Å². The summed E-state index contributed by atoms with van der Waals surface area (Å²) in [4.78, 5) is 22.0. The summed E-state index contributed by atoms with van der Waals surface area (Å²) in [6.07, 6.45) is 7.80. The Morgan fingerprint density at radius 1 is 1.22 bits per heavy atom. The van der Waals surface area contributed by atoms with Crippen molar-refractivity contribution in [3.8, 4) is 0 Å². The number of carbonyl (C=O) groups is 1. The molecule has 2 atom stereocenters. The number of hydrogen-bond acceptors (Lipinski definition) is 5. The van der Waals surface area contributed by atoms with E-state index in [1.54, 1.807) is 0 Å². The number of hydrogen-bond donors (Lipinski definition) is 1. The fraction of sp³-hybridized carbons (Fsp3) is 0.550. The van der Waals surface area contributed by atoms with Crippen LogP contribution in [-0.2, 0) is 11.8 Å². The first-order valence-corrected chi connectivity index (χ1v) is 9.78. The first-order valence-electron chi connectivity index (χ1n) is 9.78. The molecular formula is C20H28N6O. The minimum Gasteiger partial charge on any atom is -0.356 e. The second-order valence-electron chi connectivity index (χ2n) is 7.72. The number of piperidine rings is 1. The van der Waals surface area contributed by atoms with Crippen molar-refractivity contribution >= 4 is 11.7 Å². The number of piperazine rings is 1. The SMILES string of the molecule is Cc1ccc(N2CCCC(C(=O)N3CCNC(c4cnn(C)c4)C3)C2)nc1. The van der Waals surface area contributed by atoms with E-state index in [2.05, 4.69) is 32.4 Å². The van der Waals surface area contributed by atoms with Crippen molar-refractivity contribution in [2.24, 2.45) is 13.0 Å². The van der Waals surface area contributed by atoms with Crippen LogP contribution in [-0.4, -0.2) is 58.3 Å². The summed E-state index contributed by atoms with van der Waals surface area (Å²) >= 11 is 0. The van der Waals surface area contributed by atoms with Gasteiger partial charge in [-0.25, -0.2) is 4.98 Å². The van der Waals surface area contributed by atoms with Crippen molar-refractivity contribution in [3.05, 3.63) is 41.9 Å². The van der Waals surface area contributed by atoms with Crippen LogP contribution in [0.15, 0.2) is 30.7 Å². The monoisotopic (exact) mass is 368 g/mol. The number of pyridine rings is 1. The maximum absolute atomic E-state index is 13.2. The zero-order valence-corrected chi connectivity index (χ0v) is 16.1. The quantitative estimate of drug-likeness (QED) is 0.890. The van der Waals surface area contributed by atoms with Crippen molar-refractivity contribution in [2.75, 3.05) is 37.6 Å². The molecule has 1 N–H and O–H groups in total. The molecule has 2 fully saturated rings. The number of nitrogens with zero attached hydrogens (tertiary/aromatic N) is 5. The van der Waals surface area contributed by atoms with Gasteiger partial charge in [-0.15, -0.1) is 0 Å². The summed E-state index contributed by atoms with van der Waals surface area (Å²) in [7, 11) is 1.92. The normalized spacial score (nSPS) is 23.5. The van der Waals surface area contributed by atoms with Crippen molar-refractivity contribution in [1.29, 1.82) is 0 Å². The third kappa shape index (κ3) is 3.98. The van der Waals surface area contributed by atoms with Crippen LogP contribution in [0.5, 0.6) is 0 Å². The lowest BCUT2D eigenvalue weighted by molar-refractivity contribution is -0.137. The smallest absolute Gasteiger partial charge is 0.227 e. The highest BCUT2D eigenvalue weighted by molar-refractivity contribution is 5.80. The highest BCUT2D eigenvalue weighted by Crippen LogP contribution is 2.25. The van der Waals surface area contributed by atoms with E-state index in [0.717, 1.165) is 56.0 Å². The van der Waals surface area contributed by atoms with E-state index in [1.165, 1.54) is 0 Å². The molecule has 2 aromatic heterocycles. The van der Waals surface area contributed by atoms with Gasteiger partial charge in [-0.05, 0) is 31.4 Å². The molecule has 0 aromatic carbocycles. The molecule has 0 aliphatic carbocycles. The van der Waals surface area contributed by atoms with E-state index in [4.69, 9.17) is 0 Å². The molecule has 7 nitrogen and oxygen atoms in total. The minimum atomic E-state index is 0.0505. The van der Waals surface area contributed by atoms with E-state index < -0.39 is 0 Å². The van der Waals surface area contributed by atoms with Crippen molar-refractivity contribution in [3.63, 3.8) is 0 Å². The Hall–Kier alpha value is -2.41. The average molecular weight is 368 g/mol. The third-order valence-corrected chi connectivity index (χ3v) is 5.60. The predicted octanol–water partition coefficient (Wildman–Crippen LogP) is 1.51. The molecule has 27 heavy (non-hydrogen) atoms. The summed E-state index contributed by atoms with van der Waals surface area (Å²) in [5.41, 5.74) is 2.30. The van der Waals surface area contributed by atoms with Gasteiger partial charge in [0.2, 0.25) is 5.91 Å². The van der Waals surface area contributed by atoms with Crippen LogP contribution in [0.4, 0.5) is 5.82 Å². The standard InChI is InChI=1S/C20H28N6O/c1-15-5-6-19(22-10-15)25-8-3-4-16(13-25)20(27)26-9-7-21-18(14-26)17-11-23-24(2)12-17/h5-6,10-12,16,18,21H,3-4,7-9,13-14H2,1-2H3. The van der Waals surface area contributed by atoms with Gasteiger partial charge in [0.05, 0.1) is 18.2 Å². The van der Waals surface area contributed by atoms with E-state index in [-0.39, 0.29) is 17.9 Å². The Morgan fingerprint density at radius 2 is 2.11 bits per heavy atom. The molecule has 0 radical (unpaired) electrons. The summed E-state index contributed by atoms with van der Waals surface area (Å²) in [6.45, 7) is 6.08. The highest BCUT2D eigenvalue weighted by atomic mass is 16.2. The fourth-order valence-corrected chi connectivity index (χ4v) is 4.09. The number of anilines is 1. The van der Waals surface area contributed by atoms with Gasteiger partial charge in [0.25, 0.3) is 0 Å². The molecular weight excluding hydrogens is 340 g/mol. The Kier molecular flexibility index (Phi) is 5.11. The summed E-state index contributed by atoms with van der Waals surface area (Å²) < 4.78 is 1.81. The van der Waals surface area contributed by atoms with Gasteiger partial charge < -0.3 is 15.1 Å². The van der Waals surface area contributed by atoms with Crippen LogP contribution < -0.4 is 10.2 Å². The Morgan fingerprint density at radius 3 is 2.85 bits per heavy atom. The molecule has 7 heteroatoms. The Bertz CT molecular complexity index is 786. The molecule has 4 rings (SSSR count). The molecule has 4 heterocycles. The number of rotatable bonds is 3. The topological polar surface area (TPSA) is 66.3 Å². The average Bonchev–Trinajstić information content (AvgIpc) is 3.15. The van der Waals surface area contributed by atoms with Crippen LogP contribution in [0.25, 0.3) is 0 Å². The number of carbonyl (C=O) groups excluding carboxylic acids is 1. The number of amides is 1. The summed E-state index contributed by atoms with van der Waals surface area (Å²) in [5.74, 6) is 1.31. The molecule has 1 amide bonds. The molecule has 0 bridgehead atoms. The summed E-state index contributed by atoms with van der Waals surface area (Å²) in [6, 6.07) is 4.31. The van der Waals surface area contributed by atoms with Gasteiger partial charge in [-0.3, -0.25) is 9.48 Å². The number of aromatic nitrogens is 3. The van der Waals surface area contributed by atoms with Gasteiger partial charge in [0.1, 0.15) is 5.82 Å². The fourth-order valence-electron chi connectivity index (χ4n) is 4.09. The second kappa shape index (κ2) is 7.68. The Balaban J connectivity index is 1.41. The molecule has 2 unspecified atom stereocenters. The van der Waals surface area contributed by atoms with Crippen molar-refractivity contribution < 1.29 is 4.79 Å².